The molecule has 3 aromatic rings. The first kappa shape index (κ1) is 16.8. The van der Waals surface area contributed by atoms with Crippen LogP contribution in [0.5, 0.6) is 17.2 Å². The van der Waals surface area contributed by atoms with Gasteiger partial charge in [-0.25, -0.2) is 9.78 Å². The van der Waals surface area contributed by atoms with Crippen molar-refractivity contribution in [2.45, 2.75) is 6.61 Å². The predicted molar refractivity (Wildman–Crippen MR) is 90.1 cm³/mol. The van der Waals surface area contributed by atoms with Crippen molar-refractivity contribution in [3.63, 3.8) is 0 Å². The van der Waals surface area contributed by atoms with E-state index < -0.39 is 5.97 Å². The second kappa shape index (κ2) is 7.67. The number of pyridine rings is 1. The summed E-state index contributed by atoms with van der Waals surface area (Å²) in [6, 6.07) is 8.83. The summed E-state index contributed by atoms with van der Waals surface area (Å²) < 4.78 is 16.0. The number of halogens is 1. The molecule has 0 aliphatic carbocycles. The highest BCUT2D eigenvalue weighted by atomic mass is 35.5. The Morgan fingerprint density at radius 3 is 2.68 bits per heavy atom. The van der Waals surface area contributed by atoms with Crippen LogP contribution in [0.1, 0.15) is 15.9 Å². The van der Waals surface area contributed by atoms with Crippen molar-refractivity contribution in [2.75, 3.05) is 7.11 Å². The molecule has 0 radical (unpaired) electrons. The maximum Gasteiger partial charge on any atom is 0.347 e. The molecular formula is C17H14ClN3O4. The molecule has 3 rings (SSSR count). The Hall–Kier alpha value is -3.06. The Labute approximate surface area is 148 Å². The van der Waals surface area contributed by atoms with Crippen molar-refractivity contribution in [1.29, 1.82) is 0 Å². The lowest BCUT2D eigenvalue weighted by Crippen LogP contribution is -2.11. The molecule has 0 unspecified atom stereocenters. The van der Waals surface area contributed by atoms with Crippen LogP contribution in [0.4, 0.5) is 0 Å². The third kappa shape index (κ3) is 4.07. The van der Waals surface area contributed by atoms with E-state index in [1.54, 1.807) is 7.11 Å². The summed E-state index contributed by atoms with van der Waals surface area (Å²) >= 11 is 6.09. The summed E-state index contributed by atoms with van der Waals surface area (Å²) in [6.07, 6.45) is 4.26. The lowest BCUT2D eigenvalue weighted by molar-refractivity contribution is 0.0729. The quantitative estimate of drug-likeness (QED) is 0.537. The van der Waals surface area contributed by atoms with E-state index in [4.69, 9.17) is 25.8 Å². The fraction of sp³-hybridized carbons (Fsp3) is 0.118. The van der Waals surface area contributed by atoms with Crippen molar-refractivity contribution in [1.82, 2.24) is 15.2 Å². The number of nitrogens with one attached hydrogen (secondary N) is 1. The van der Waals surface area contributed by atoms with Gasteiger partial charge in [0.15, 0.2) is 16.7 Å². The van der Waals surface area contributed by atoms with E-state index >= 15 is 0 Å². The minimum Gasteiger partial charge on any atom is -0.497 e. The van der Waals surface area contributed by atoms with Gasteiger partial charge in [-0.05, 0) is 23.8 Å². The summed E-state index contributed by atoms with van der Waals surface area (Å²) in [7, 11) is 1.60. The summed E-state index contributed by atoms with van der Waals surface area (Å²) in [4.78, 5) is 16.3. The number of carbonyl (C=O) groups excluding carboxylic acids is 1. The van der Waals surface area contributed by atoms with Crippen molar-refractivity contribution in [3.05, 3.63) is 65.2 Å². The van der Waals surface area contributed by atoms with Crippen molar-refractivity contribution < 1.29 is 19.0 Å². The monoisotopic (exact) mass is 359 g/mol. The van der Waals surface area contributed by atoms with Crippen LogP contribution in [0.15, 0.2) is 48.9 Å². The fourth-order valence-corrected chi connectivity index (χ4v) is 2.27. The number of aromatic amines is 1. The first-order valence-electron chi connectivity index (χ1n) is 7.28. The number of hydrogen-bond acceptors (Lipinski definition) is 6. The molecule has 0 aliphatic rings. The Morgan fingerprint density at radius 1 is 1.20 bits per heavy atom. The molecule has 0 bridgehead atoms. The molecule has 1 N–H and O–H groups in total. The largest absolute Gasteiger partial charge is 0.497 e. The molecule has 128 valence electrons. The first-order chi connectivity index (χ1) is 12.2. The molecule has 8 heteroatoms. The number of hydrogen-bond donors (Lipinski definition) is 1. The van der Waals surface area contributed by atoms with Gasteiger partial charge in [0, 0.05) is 6.20 Å². The molecule has 0 spiro atoms. The molecule has 0 aliphatic heterocycles. The van der Waals surface area contributed by atoms with E-state index in [2.05, 4.69) is 15.2 Å². The minimum atomic E-state index is -0.615. The number of rotatable bonds is 6. The molecular weight excluding hydrogens is 346 g/mol. The van der Waals surface area contributed by atoms with E-state index in [0.29, 0.717) is 5.75 Å². The van der Waals surface area contributed by atoms with Crippen LogP contribution in [0, 0.1) is 0 Å². The molecule has 0 atom stereocenters. The van der Waals surface area contributed by atoms with E-state index in [0.717, 1.165) is 11.3 Å². The number of ether oxygens (including phenoxy) is 3. The first-order valence-corrected chi connectivity index (χ1v) is 7.66. The topological polar surface area (TPSA) is 86.3 Å². The van der Waals surface area contributed by atoms with Crippen molar-refractivity contribution in [3.8, 4) is 17.2 Å². The molecule has 0 amide bonds. The highest BCUT2D eigenvalue weighted by Gasteiger charge is 2.19. The Balaban J connectivity index is 1.76. The van der Waals surface area contributed by atoms with Crippen LogP contribution in [-0.2, 0) is 6.61 Å². The van der Waals surface area contributed by atoms with Crippen LogP contribution < -0.4 is 14.2 Å². The van der Waals surface area contributed by atoms with Crippen LogP contribution in [-0.4, -0.2) is 28.3 Å². The smallest absolute Gasteiger partial charge is 0.347 e. The third-order valence-corrected chi connectivity index (χ3v) is 3.58. The standard InChI is InChI=1S/C17H14ClN3O4/c1-23-12-4-2-11(3-5-12)10-24-15-14(6-7-19-16(15)18)17(22)25-13-8-20-21-9-13/h2-9H,10H2,1H3,(H,20,21). The van der Waals surface area contributed by atoms with Gasteiger partial charge in [-0.15, -0.1) is 0 Å². The summed E-state index contributed by atoms with van der Waals surface area (Å²) in [5, 5.41) is 6.36. The van der Waals surface area contributed by atoms with Gasteiger partial charge in [-0.3, -0.25) is 5.10 Å². The van der Waals surface area contributed by atoms with E-state index in [9.17, 15) is 4.79 Å². The summed E-state index contributed by atoms with van der Waals surface area (Å²) in [6.45, 7) is 0.210. The molecule has 0 saturated heterocycles. The fourth-order valence-electron chi connectivity index (χ4n) is 2.05. The lowest BCUT2D eigenvalue weighted by Gasteiger charge is -2.12. The number of aromatic nitrogens is 3. The molecule has 25 heavy (non-hydrogen) atoms. The minimum absolute atomic E-state index is 0.0788. The second-order valence-corrected chi connectivity index (χ2v) is 5.30. The third-order valence-electron chi connectivity index (χ3n) is 3.31. The average Bonchev–Trinajstić information content (AvgIpc) is 3.14. The van der Waals surface area contributed by atoms with Gasteiger partial charge in [0.2, 0.25) is 0 Å². The number of benzene rings is 1. The zero-order valence-corrected chi connectivity index (χ0v) is 14.0. The average molecular weight is 360 g/mol. The van der Waals surface area contributed by atoms with Crippen LogP contribution >= 0.6 is 11.6 Å². The summed E-state index contributed by atoms with van der Waals surface area (Å²) in [5.74, 6) is 0.579. The Morgan fingerprint density at radius 2 is 2.00 bits per heavy atom. The number of nitrogens with zero attached hydrogens (tertiary/aromatic N) is 2. The molecule has 0 fully saturated rings. The van der Waals surface area contributed by atoms with Crippen molar-refractivity contribution >= 4 is 17.6 Å². The van der Waals surface area contributed by atoms with Crippen molar-refractivity contribution in [2.24, 2.45) is 0 Å². The predicted octanol–water partition coefficient (Wildman–Crippen LogP) is 3.26. The zero-order chi connectivity index (χ0) is 17.6. The van der Waals surface area contributed by atoms with Gasteiger partial charge < -0.3 is 14.2 Å². The second-order valence-electron chi connectivity index (χ2n) is 4.94. The molecule has 2 heterocycles. The van der Waals surface area contributed by atoms with Gasteiger partial charge in [-0.1, -0.05) is 23.7 Å². The van der Waals surface area contributed by atoms with Crippen LogP contribution in [0.2, 0.25) is 5.15 Å². The van der Waals surface area contributed by atoms with Gasteiger partial charge >= 0.3 is 5.97 Å². The number of esters is 1. The highest BCUT2D eigenvalue weighted by Crippen LogP contribution is 2.28. The van der Waals surface area contributed by atoms with E-state index in [1.165, 1.54) is 24.7 Å². The maximum atomic E-state index is 12.3. The maximum absolute atomic E-state index is 12.3. The van der Waals surface area contributed by atoms with Gasteiger partial charge in [0.25, 0.3) is 0 Å². The van der Waals surface area contributed by atoms with Crippen LogP contribution in [0.25, 0.3) is 0 Å². The van der Waals surface area contributed by atoms with Gasteiger partial charge in [-0.2, -0.15) is 5.10 Å². The highest BCUT2D eigenvalue weighted by molar-refractivity contribution is 6.31. The molecule has 2 aromatic heterocycles. The summed E-state index contributed by atoms with van der Waals surface area (Å²) in [5.41, 5.74) is 1.06. The normalized spacial score (nSPS) is 10.3. The Kier molecular flexibility index (Phi) is 5.15. The number of methoxy groups -OCH3 is 1. The zero-order valence-electron chi connectivity index (χ0n) is 13.2. The SMILES string of the molecule is COc1ccc(COc2c(C(=O)Oc3cn[nH]c3)ccnc2Cl)cc1. The number of H-pyrrole nitrogens is 1. The van der Waals surface area contributed by atoms with E-state index in [1.807, 2.05) is 24.3 Å². The number of carbonyl (C=O) groups is 1. The Bertz CT molecular complexity index is 851. The molecule has 7 nitrogen and oxygen atoms in total. The van der Waals surface area contributed by atoms with E-state index in [-0.39, 0.29) is 23.1 Å². The van der Waals surface area contributed by atoms with Crippen LogP contribution in [0.3, 0.4) is 0 Å². The van der Waals surface area contributed by atoms with Gasteiger partial charge in [0.05, 0.1) is 19.5 Å². The lowest BCUT2D eigenvalue weighted by atomic mass is 10.2. The molecule has 0 saturated carbocycles. The molecule has 1 aromatic carbocycles. The van der Waals surface area contributed by atoms with Gasteiger partial charge in [0.1, 0.15) is 17.9 Å².